The largest absolute Gasteiger partial charge is 0.373 e. The zero-order valence-electron chi connectivity index (χ0n) is 32.0. The summed E-state index contributed by atoms with van der Waals surface area (Å²) in [5.41, 5.74) is 13.0. The first-order valence-corrected chi connectivity index (χ1v) is 22.3. The van der Waals surface area contributed by atoms with Crippen LogP contribution in [0.2, 0.25) is 0 Å². The van der Waals surface area contributed by atoms with E-state index in [0.717, 1.165) is 88.2 Å². The molecule has 2 aromatic carbocycles. The van der Waals surface area contributed by atoms with Gasteiger partial charge in [0.15, 0.2) is 27.4 Å². The van der Waals surface area contributed by atoms with Crippen LogP contribution in [0.25, 0.3) is 0 Å². The Labute approximate surface area is 326 Å². The standard InChI is InChI=1S/C21H24N2O4S.C19H22N2O3S.CO2/c1-13(24)20-11-21(22-23(20)2)28(26,27)12-16(25)10-19-17-7-3-5-14(17)9-15-6-4-8-18(15)19;1-21-9-8-19(20-21)25(23,24)12-15(22)11-18-16-6-2-4-13(16)10-14-5-3-7-17(14)18;2-1-3/h9,11H,3-8,10,12H2,1-2H3;8-10H,2-7,11-12H2,1H3;. The normalized spacial score (nSPS) is 15.1. The Morgan fingerprint density at radius 3 is 1.36 bits per heavy atom. The summed E-state index contributed by atoms with van der Waals surface area (Å²) < 4.78 is 52.9. The van der Waals surface area contributed by atoms with Crippen molar-refractivity contribution in [3.05, 3.63) is 91.8 Å². The van der Waals surface area contributed by atoms with Gasteiger partial charge in [-0.05, 0) is 139 Å². The maximum Gasteiger partial charge on any atom is 0.373 e. The summed E-state index contributed by atoms with van der Waals surface area (Å²) in [6.07, 6.45) is 14.9. The van der Waals surface area contributed by atoms with Gasteiger partial charge in [-0.25, -0.2) is 16.8 Å². The van der Waals surface area contributed by atoms with Gasteiger partial charge in [-0.2, -0.15) is 19.8 Å². The van der Waals surface area contributed by atoms with E-state index in [9.17, 15) is 31.2 Å². The van der Waals surface area contributed by atoms with E-state index in [4.69, 9.17) is 9.59 Å². The molecule has 8 rings (SSSR count). The zero-order chi connectivity index (χ0) is 40.4. The van der Waals surface area contributed by atoms with Crippen LogP contribution in [-0.4, -0.2) is 71.4 Å². The van der Waals surface area contributed by atoms with Crippen molar-refractivity contribution in [3.8, 4) is 0 Å². The molecule has 2 heterocycles. The third-order valence-corrected chi connectivity index (χ3v) is 14.3. The fourth-order valence-electron chi connectivity index (χ4n) is 8.85. The fourth-order valence-corrected chi connectivity index (χ4v) is 11.3. The predicted molar refractivity (Wildman–Crippen MR) is 204 cm³/mol. The molecule has 0 radical (unpaired) electrons. The smallest absolute Gasteiger partial charge is 0.298 e. The number of aromatic nitrogens is 4. The van der Waals surface area contributed by atoms with Gasteiger partial charge >= 0.3 is 6.15 Å². The van der Waals surface area contributed by atoms with Gasteiger partial charge in [0.1, 0.15) is 17.2 Å². The molecule has 4 aliphatic rings. The van der Waals surface area contributed by atoms with Gasteiger partial charge in [0, 0.05) is 46.1 Å². The molecule has 15 heteroatoms. The Morgan fingerprint density at radius 2 is 1.02 bits per heavy atom. The topological polar surface area (TPSA) is 189 Å². The molecule has 0 aliphatic heterocycles. The second-order valence-electron chi connectivity index (χ2n) is 15.1. The fraction of sp³-hybridized carbons (Fsp3) is 0.463. The van der Waals surface area contributed by atoms with Crippen molar-refractivity contribution < 1.29 is 40.8 Å². The van der Waals surface area contributed by atoms with Crippen LogP contribution in [0.3, 0.4) is 0 Å². The summed E-state index contributed by atoms with van der Waals surface area (Å²) in [6.45, 7) is 1.36. The van der Waals surface area contributed by atoms with Crippen LogP contribution in [0.4, 0.5) is 0 Å². The number of ketones is 3. The van der Waals surface area contributed by atoms with Gasteiger partial charge in [0.05, 0.1) is 0 Å². The van der Waals surface area contributed by atoms with Gasteiger partial charge in [-0.15, -0.1) is 0 Å². The Morgan fingerprint density at radius 1 is 0.625 bits per heavy atom. The molecule has 56 heavy (non-hydrogen) atoms. The molecule has 0 unspecified atom stereocenters. The van der Waals surface area contributed by atoms with E-state index >= 15 is 0 Å². The molecule has 0 bridgehead atoms. The Hall–Kier alpha value is -4.85. The maximum absolute atomic E-state index is 12.7. The molecule has 2 aromatic heterocycles. The average molecular weight is 803 g/mol. The van der Waals surface area contributed by atoms with Crippen molar-refractivity contribution in [2.75, 3.05) is 11.5 Å². The van der Waals surface area contributed by atoms with Gasteiger partial charge in [-0.1, -0.05) is 12.1 Å². The lowest BCUT2D eigenvalue weighted by molar-refractivity contribution is -0.191. The number of fused-ring (bicyclic) bond motifs is 4. The average Bonchev–Trinajstić information content (AvgIpc) is 3.97. The first-order chi connectivity index (χ1) is 26.6. The predicted octanol–water partition coefficient (Wildman–Crippen LogP) is 3.59. The molecule has 4 aliphatic carbocycles. The second-order valence-corrected chi connectivity index (χ2v) is 19.0. The number of aryl methyl sites for hydroxylation is 6. The third kappa shape index (κ3) is 8.75. The van der Waals surface area contributed by atoms with E-state index in [2.05, 4.69) is 22.3 Å². The number of rotatable bonds is 11. The van der Waals surface area contributed by atoms with Gasteiger partial charge in [0.25, 0.3) is 0 Å². The van der Waals surface area contributed by atoms with Crippen molar-refractivity contribution in [2.45, 2.75) is 107 Å². The summed E-state index contributed by atoms with van der Waals surface area (Å²) in [4.78, 5) is 53.2. The maximum atomic E-state index is 12.7. The first kappa shape index (κ1) is 40.8. The molecule has 0 fully saturated rings. The molecule has 4 aromatic rings. The number of carbonyl (C=O) groups is 3. The molecule has 0 saturated heterocycles. The van der Waals surface area contributed by atoms with Gasteiger partial charge < -0.3 is 0 Å². The summed E-state index contributed by atoms with van der Waals surface area (Å²) in [7, 11) is -4.36. The SMILES string of the molecule is CC(=O)c1cc(S(=O)(=O)CC(=O)Cc2c3c(cc4c2CCC4)CCC3)nn1C.Cn1ccc(S(=O)(=O)CC(=O)Cc2c3c(cc4c2CCC4)CCC3)n1.O=C=O. The number of Topliss-reactive ketones (excluding diaryl/α,β-unsaturated/α-hetero) is 3. The van der Waals surface area contributed by atoms with Crippen molar-refractivity contribution in [1.29, 1.82) is 0 Å². The van der Waals surface area contributed by atoms with Crippen LogP contribution >= 0.6 is 0 Å². The molecule has 0 spiro atoms. The molecule has 296 valence electrons. The van der Waals surface area contributed by atoms with Crippen LogP contribution in [0.1, 0.15) is 98.7 Å². The first-order valence-electron chi connectivity index (χ1n) is 19.0. The monoisotopic (exact) mass is 802 g/mol. The molecule has 13 nitrogen and oxygen atoms in total. The molecule has 0 saturated carbocycles. The summed E-state index contributed by atoms with van der Waals surface area (Å²) in [6, 6.07) is 7.32. The molecular weight excluding hydrogens is 757 g/mol. The van der Waals surface area contributed by atoms with E-state index in [-0.39, 0.29) is 52.1 Å². The van der Waals surface area contributed by atoms with Crippen LogP contribution in [0.15, 0.2) is 40.5 Å². The van der Waals surface area contributed by atoms with E-state index < -0.39 is 31.2 Å². The summed E-state index contributed by atoms with van der Waals surface area (Å²) >= 11 is 0. The van der Waals surface area contributed by atoms with Crippen molar-refractivity contribution >= 4 is 43.2 Å². The Kier molecular flexibility index (Phi) is 12.2. The molecular formula is C41H46N4O9S2. The highest BCUT2D eigenvalue weighted by Gasteiger charge is 2.30. The van der Waals surface area contributed by atoms with Crippen LogP contribution in [0, 0.1) is 0 Å². The lowest BCUT2D eigenvalue weighted by Crippen LogP contribution is -2.20. The van der Waals surface area contributed by atoms with Crippen molar-refractivity contribution in [1.82, 2.24) is 19.6 Å². The Bertz CT molecular complexity index is 2420. The minimum absolute atomic E-state index is 0.0214. The number of carbonyl (C=O) groups excluding carboxylic acids is 5. The minimum atomic E-state index is -3.88. The second kappa shape index (κ2) is 16.7. The molecule has 0 N–H and O–H groups in total. The van der Waals surface area contributed by atoms with Crippen LogP contribution < -0.4 is 0 Å². The number of hydrogen-bond donors (Lipinski definition) is 0. The number of hydrogen-bond acceptors (Lipinski definition) is 11. The molecule has 0 amide bonds. The van der Waals surface area contributed by atoms with Crippen LogP contribution in [-0.2, 0) is 117 Å². The number of benzene rings is 2. The van der Waals surface area contributed by atoms with Gasteiger partial charge in [-0.3, -0.25) is 23.7 Å². The Balaban J connectivity index is 0.000000178. The lowest BCUT2D eigenvalue weighted by Gasteiger charge is -2.14. The van der Waals surface area contributed by atoms with Crippen LogP contribution in [0.5, 0.6) is 0 Å². The quantitative estimate of drug-likeness (QED) is 0.202. The van der Waals surface area contributed by atoms with Crippen molar-refractivity contribution in [2.24, 2.45) is 14.1 Å². The highest BCUT2D eigenvalue weighted by molar-refractivity contribution is 7.92. The number of nitrogens with zero attached hydrogens (tertiary/aromatic N) is 4. The summed E-state index contributed by atoms with van der Waals surface area (Å²) in [5.74, 6) is -1.87. The number of sulfone groups is 2. The van der Waals surface area contributed by atoms with Crippen molar-refractivity contribution in [3.63, 3.8) is 0 Å². The van der Waals surface area contributed by atoms with E-state index in [1.54, 1.807) is 13.2 Å². The van der Waals surface area contributed by atoms with E-state index in [0.29, 0.717) is 0 Å². The highest BCUT2D eigenvalue weighted by Crippen LogP contribution is 2.37. The van der Waals surface area contributed by atoms with Gasteiger partial charge in [0.2, 0.25) is 19.7 Å². The summed E-state index contributed by atoms with van der Waals surface area (Å²) in [5, 5.41) is 7.64. The van der Waals surface area contributed by atoms with E-state index in [1.165, 1.54) is 80.0 Å². The van der Waals surface area contributed by atoms with E-state index in [1.807, 2.05) is 0 Å². The lowest BCUT2D eigenvalue weighted by atomic mass is 9.91. The zero-order valence-corrected chi connectivity index (χ0v) is 33.6. The minimum Gasteiger partial charge on any atom is -0.298 e. The third-order valence-electron chi connectivity index (χ3n) is 11.2. The molecule has 0 atom stereocenters. The highest BCUT2D eigenvalue weighted by atomic mass is 32.2.